The Hall–Kier alpha value is -0.810. The highest BCUT2D eigenvalue weighted by atomic mass is 35.5. The Labute approximate surface area is 101 Å². The second-order valence-corrected chi connectivity index (χ2v) is 3.97. The molecule has 16 heavy (non-hydrogen) atoms. The highest BCUT2D eigenvalue weighted by Crippen LogP contribution is 2.35. The SMILES string of the molecule is COC(=O)CC1(NC(=O)CCN)CCC1.Cl. The molecule has 94 valence electrons. The van der Waals surface area contributed by atoms with Gasteiger partial charge in [-0.25, -0.2) is 0 Å². The maximum atomic E-state index is 11.4. The molecule has 0 aromatic rings. The largest absolute Gasteiger partial charge is 0.469 e. The molecular weight excluding hydrogens is 232 g/mol. The van der Waals surface area contributed by atoms with Crippen LogP contribution < -0.4 is 11.1 Å². The van der Waals surface area contributed by atoms with Crippen molar-refractivity contribution < 1.29 is 14.3 Å². The number of hydrogen-bond acceptors (Lipinski definition) is 4. The lowest BCUT2D eigenvalue weighted by Crippen LogP contribution is -2.55. The van der Waals surface area contributed by atoms with Gasteiger partial charge in [-0.1, -0.05) is 0 Å². The predicted molar refractivity (Wildman–Crippen MR) is 62.3 cm³/mol. The number of ether oxygens (including phenoxy) is 1. The number of esters is 1. The molecule has 1 aliphatic rings. The molecule has 0 spiro atoms. The molecule has 1 saturated carbocycles. The number of nitrogens with one attached hydrogen (secondary N) is 1. The molecule has 1 rings (SSSR count). The van der Waals surface area contributed by atoms with Crippen LogP contribution in [-0.4, -0.2) is 31.1 Å². The van der Waals surface area contributed by atoms with Gasteiger partial charge in [0, 0.05) is 13.0 Å². The molecule has 0 aliphatic heterocycles. The van der Waals surface area contributed by atoms with Crippen LogP contribution in [0.5, 0.6) is 0 Å². The second kappa shape index (κ2) is 6.70. The number of carbonyl (C=O) groups is 2. The van der Waals surface area contributed by atoms with Gasteiger partial charge in [0.15, 0.2) is 0 Å². The quantitative estimate of drug-likeness (QED) is 0.691. The number of carbonyl (C=O) groups excluding carboxylic acids is 2. The fourth-order valence-electron chi connectivity index (χ4n) is 1.79. The summed E-state index contributed by atoms with van der Waals surface area (Å²) in [7, 11) is 1.36. The lowest BCUT2D eigenvalue weighted by atomic mass is 9.74. The fraction of sp³-hybridized carbons (Fsp3) is 0.800. The summed E-state index contributed by atoms with van der Waals surface area (Å²) < 4.78 is 4.61. The van der Waals surface area contributed by atoms with Gasteiger partial charge in [-0.05, 0) is 19.3 Å². The van der Waals surface area contributed by atoms with E-state index < -0.39 is 0 Å². The van der Waals surface area contributed by atoms with E-state index >= 15 is 0 Å². The van der Waals surface area contributed by atoms with Gasteiger partial charge in [0.1, 0.15) is 0 Å². The standard InChI is InChI=1S/C10H18N2O3.ClH/c1-15-9(14)7-10(4-2-5-10)12-8(13)3-6-11;/h2-7,11H2,1H3,(H,12,13);1H. The Bertz CT molecular complexity index is 254. The molecule has 0 bridgehead atoms. The summed E-state index contributed by atoms with van der Waals surface area (Å²) in [6, 6.07) is 0. The normalized spacial score (nSPS) is 16.6. The maximum Gasteiger partial charge on any atom is 0.307 e. The van der Waals surface area contributed by atoms with Crippen molar-refractivity contribution in [2.24, 2.45) is 5.73 Å². The van der Waals surface area contributed by atoms with Gasteiger partial charge in [0.25, 0.3) is 0 Å². The first-order chi connectivity index (χ1) is 7.12. The van der Waals surface area contributed by atoms with Crippen molar-refractivity contribution in [2.75, 3.05) is 13.7 Å². The third kappa shape index (κ3) is 3.98. The van der Waals surface area contributed by atoms with E-state index in [-0.39, 0.29) is 36.2 Å². The van der Waals surface area contributed by atoms with Gasteiger partial charge in [-0.15, -0.1) is 12.4 Å². The molecule has 5 nitrogen and oxygen atoms in total. The second-order valence-electron chi connectivity index (χ2n) is 3.97. The smallest absolute Gasteiger partial charge is 0.307 e. The molecule has 0 saturated heterocycles. The zero-order chi connectivity index (χ0) is 11.3. The number of nitrogens with two attached hydrogens (primary N) is 1. The first-order valence-corrected chi connectivity index (χ1v) is 5.20. The van der Waals surface area contributed by atoms with Crippen molar-refractivity contribution in [1.29, 1.82) is 0 Å². The average molecular weight is 251 g/mol. The molecular formula is C10H19ClN2O3. The predicted octanol–water partition coefficient (Wildman–Crippen LogP) is 0.359. The van der Waals surface area contributed by atoms with Crippen LogP contribution in [0.15, 0.2) is 0 Å². The van der Waals surface area contributed by atoms with Crippen LogP contribution in [-0.2, 0) is 14.3 Å². The minimum Gasteiger partial charge on any atom is -0.469 e. The lowest BCUT2D eigenvalue weighted by molar-refractivity contribution is -0.144. The topological polar surface area (TPSA) is 81.4 Å². The summed E-state index contributed by atoms with van der Waals surface area (Å²) in [6.45, 7) is 0.333. The van der Waals surface area contributed by atoms with Crippen molar-refractivity contribution in [3.63, 3.8) is 0 Å². The maximum absolute atomic E-state index is 11.4. The summed E-state index contributed by atoms with van der Waals surface area (Å²) >= 11 is 0. The third-order valence-electron chi connectivity index (χ3n) is 2.80. The van der Waals surface area contributed by atoms with Crippen LogP contribution >= 0.6 is 12.4 Å². The Balaban J connectivity index is 0.00000225. The zero-order valence-electron chi connectivity index (χ0n) is 9.45. The van der Waals surface area contributed by atoms with E-state index in [2.05, 4.69) is 10.1 Å². The summed E-state index contributed by atoms with van der Waals surface area (Å²) in [5.74, 6) is -0.358. The van der Waals surface area contributed by atoms with E-state index in [0.29, 0.717) is 13.0 Å². The van der Waals surface area contributed by atoms with Gasteiger partial charge >= 0.3 is 5.97 Å². The summed E-state index contributed by atoms with van der Waals surface area (Å²) in [5, 5.41) is 2.88. The van der Waals surface area contributed by atoms with E-state index in [1.165, 1.54) is 7.11 Å². The highest BCUT2D eigenvalue weighted by Gasteiger charge is 2.40. The molecule has 0 heterocycles. The average Bonchev–Trinajstić information content (AvgIpc) is 2.14. The fourth-order valence-corrected chi connectivity index (χ4v) is 1.79. The Kier molecular flexibility index (Phi) is 6.36. The molecule has 6 heteroatoms. The van der Waals surface area contributed by atoms with Crippen LogP contribution in [0.2, 0.25) is 0 Å². The van der Waals surface area contributed by atoms with Gasteiger partial charge in [0.2, 0.25) is 5.91 Å². The Morgan fingerprint density at radius 1 is 1.44 bits per heavy atom. The minimum absolute atomic E-state index is 0. The number of rotatable bonds is 5. The van der Waals surface area contributed by atoms with E-state index in [4.69, 9.17) is 5.73 Å². The highest BCUT2D eigenvalue weighted by molar-refractivity contribution is 5.85. The van der Waals surface area contributed by atoms with Gasteiger partial charge in [0.05, 0.1) is 19.1 Å². The molecule has 1 fully saturated rings. The number of halogens is 1. The zero-order valence-corrected chi connectivity index (χ0v) is 10.3. The Morgan fingerprint density at radius 3 is 2.44 bits per heavy atom. The van der Waals surface area contributed by atoms with Gasteiger partial charge < -0.3 is 15.8 Å². The molecule has 0 radical (unpaired) electrons. The van der Waals surface area contributed by atoms with Crippen molar-refractivity contribution in [3.8, 4) is 0 Å². The molecule has 0 atom stereocenters. The Morgan fingerprint density at radius 2 is 2.06 bits per heavy atom. The molecule has 0 aromatic carbocycles. The van der Waals surface area contributed by atoms with Crippen LogP contribution in [0.1, 0.15) is 32.1 Å². The molecule has 1 aliphatic carbocycles. The van der Waals surface area contributed by atoms with E-state index in [1.54, 1.807) is 0 Å². The van der Waals surface area contributed by atoms with Crippen LogP contribution in [0.3, 0.4) is 0 Å². The van der Waals surface area contributed by atoms with Crippen molar-refractivity contribution >= 4 is 24.3 Å². The lowest BCUT2D eigenvalue weighted by Gasteiger charge is -2.41. The van der Waals surface area contributed by atoms with Crippen molar-refractivity contribution in [3.05, 3.63) is 0 Å². The summed E-state index contributed by atoms with van der Waals surface area (Å²) in [5.41, 5.74) is 4.92. The first-order valence-electron chi connectivity index (χ1n) is 5.20. The van der Waals surface area contributed by atoms with Crippen LogP contribution in [0, 0.1) is 0 Å². The monoisotopic (exact) mass is 250 g/mol. The molecule has 3 N–H and O–H groups in total. The van der Waals surface area contributed by atoms with E-state index in [1.807, 2.05) is 0 Å². The minimum atomic E-state index is -0.362. The van der Waals surface area contributed by atoms with Crippen LogP contribution in [0.4, 0.5) is 0 Å². The number of methoxy groups -OCH3 is 1. The number of hydrogen-bond donors (Lipinski definition) is 2. The first kappa shape index (κ1) is 15.2. The number of amides is 1. The van der Waals surface area contributed by atoms with Gasteiger partial charge in [-0.2, -0.15) is 0 Å². The van der Waals surface area contributed by atoms with E-state index in [9.17, 15) is 9.59 Å². The molecule has 0 unspecified atom stereocenters. The van der Waals surface area contributed by atoms with E-state index in [0.717, 1.165) is 19.3 Å². The molecule has 1 amide bonds. The van der Waals surface area contributed by atoms with Crippen LogP contribution in [0.25, 0.3) is 0 Å². The summed E-state index contributed by atoms with van der Waals surface area (Å²) in [4.78, 5) is 22.5. The van der Waals surface area contributed by atoms with Crippen molar-refractivity contribution in [2.45, 2.75) is 37.6 Å². The summed E-state index contributed by atoms with van der Waals surface area (Å²) in [6.07, 6.45) is 3.31. The third-order valence-corrected chi connectivity index (χ3v) is 2.80. The van der Waals surface area contributed by atoms with Crippen molar-refractivity contribution in [1.82, 2.24) is 5.32 Å². The molecule has 0 aromatic heterocycles. The van der Waals surface area contributed by atoms with Gasteiger partial charge in [-0.3, -0.25) is 9.59 Å².